The van der Waals surface area contributed by atoms with E-state index in [0.29, 0.717) is 25.5 Å². The summed E-state index contributed by atoms with van der Waals surface area (Å²) in [6, 6.07) is 3.34. The van der Waals surface area contributed by atoms with E-state index in [1.165, 1.54) is 17.0 Å². The minimum atomic E-state index is -4.59. The highest BCUT2D eigenvalue weighted by molar-refractivity contribution is 6.32. The molecular formula is C24H29ClF3N5O3. The molecule has 4 rings (SSSR count). The molecule has 0 radical (unpaired) electrons. The van der Waals surface area contributed by atoms with Crippen LogP contribution in [0.5, 0.6) is 0 Å². The second-order valence-electron chi connectivity index (χ2n) is 10.3. The Bertz CT molecular complexity index is 1160. The second-order valence-corrected chi connectivity index (χ2v) is 10.7. The van der Waals surface area contributed by atoms with Crippen LogP contribution in [-0.2, 0) is 24.0 Å². The molecule has 1 aromatic heterocycles. The molecule has 2 aliphatic heterocycles. The highest BCUT2D eigenvalue weighted by Crippen LogP contribution is 2.37. The van der Waals surface area contributed by atoms with Crippen LogP contribution in [0.2, 0.25) is 5.02 Å². The van der Waals surface area contributed by atoms with Gasteiger partial charge in [-0.1, -0.05) is 23.7 Å². The van der Waals surface area contributed by atoms with Crippen molar-refractivity contribution in [3.8, 4) is 0 Å². The maximum absolute atomic E-state index is 13.3. The minimum Gasteiger partial charge on any atom is -0.444 e. The lowest BCUT2D eigenvalue weighted by Crippen LogP contribution is -2.47. The van der Waals surface area contributed by atoms with E-state index in [-0.39, 0.29) is 36.0 Å². The van der Waals surface area contributed by atoms with Crippen molar-refractivity contribution >= 4 is 23.6 Å². The summed E-state index contributed by atoms with van der Waals surface area (Å²) in [6.07, 6.45) is -3.44. The molecule has 1 saturated heterocycles. The number of rotatable bonds is 3. The highest BCUT2D eigenvalue weighted by atomic mass is 35.5. The second kappa shape index (κ2) is 9.57. The van der Waals surface area contributed by atoms with Gasteiger partial charge in [0.1, 0.15) is 11.4 Å². The Balaban J connectivity index is 1.54. The topological polar surface area (TPSA) is 80.6 Å². The van der Waals surface area contributed by atoms with Crippen LogP contribution in [0, 0.1) is 0 Å². The Morgan fingerprint density at radius 2 is 1.92 bits per heavy atom. The average Bonchev–Trinajstić information content (AvgIpc) is 3.19. The zero-order valence-electron chi connectivity index (χ0n) is 20.6. The van der Waals surface area contributed by atoms with Crippen LogP contribution >= 0.6 is 11.6 Å². The van der Waals surface area contributed by atoms with E-state index >= 15 is 0 Å². The van der Waals surface area contributed by atoms with E-state index < -0.39 is 28.3 Å². The van der Waals surface area contributed by atoms with Gasteiger partial charge in [0.15, 0.2) is 0 Å². The van der Waals surface area contributed by atoms with Crippen molar-refractivity contribution in [1.29, 1.82) is 0 Å². The fourth-order valence-electron chi connectivity index (χ4n) is 4.66. The van der Waals surface area contributed by atoms with Crippen molar-refractivity contribution in [3.05, 3.63) is 46.0 Å². The molecule has 0 bridgehead atoms. The van der Waals surface area contributed by atoms with Gasteiger partial charge >= 0.3 is 12.3 Å². The molecule has 1 aromatic carbocycles. The third-order valence-corrected chi connectivity index (χ3v) is 6.82. The molecule has 2 aromatic rings. The smallest absolute Gasteiger partial charge is 0.417 e. The first-order valence-corrected chi connectivity index (χ1v) is 12.2. The first kappa shape index (κ1) is 26.2. The van der Waals surface area contributed by atoms with E-state index in [2.05, 4.69) is 10.2 Å². The van der Waals surface area contributed by atoms with Gasteiger partial charge in [-0.05, 0) is 52.2 Å². The molecule has 0 spiro atoms. The quantitative estimate of drug-likeness (QED) is 0.554. The predicted octanol–water partition coefficient (Wildman–Crippen LogP) is 5.11. The number of halogens is 4. The van der Waals surface area contributed by atoms with Crippen LogP contribution in [0.4, 0.5) is 18.0 Å². The van der Waals surface area contributed by atoms with Gasteiger partial charge < -0.3 is 19.1 Å². The summed E-state index contributed by atoms with van der Waals surface area (Å²) in [4.78, 5) is 29.0. The fraction of sp³-hybridized carbons (Fsp3) is 0.583. The molecular weight excluding hydrogens is 499 g/mol. The monoisotopic (exact) mass is 527 g/mol. The number of fused-ring (bicyclic) bond motifs is 1. The SMILES string of the molecule is CC1Cn2c(nnc2C2CCCN(C(=O)OC(C)(C)C)C2)C(=O)N1Cc1cccc(C(F)(F)F)c1Cl. The molecule has 0 N–H and O–H groups in total. The van der Waals surface area contributed by atoms with Gasteiger partial charge in [-0.25, -0.2) is 4.79 Å². The summed E-state index contributed by atoms with van der Waals surface area (Å²) in [5.41, 5.74) is -1.33. The van der Waals surface area contributed by atoms with Crippen LogP contribution in [0.3, 0.4) is 0 Å². The summed E-state index contributed by atoms with van der Waals surface area (Å²) in [6.45, 7) is 8.53. The van der Waals surface area contributed by atoms with E-state index in [1.807, 2.05) is 27.7 Å². The Morgan fingerprint density at radius 3 is 2.58 bits per heavy atom. The predicted molar refractivity (Wildman–Crippen MR) is 126 cm³/mol. The zero-order chi connectivity index (χ0) is 26.4. The van der Waals surface area contributed by atoms with Crippen LogP contribution in [0.25, 0.3) is 0 Å². The van der Waals surface area contributed by atoms with Crippen LogP contribution in [0.15, 0.2) is 18.2 Å². The number of ether oxygens (including phenoxy) is 1. The number of hydrogen-bond acceptors (Lipinski definition) is 5. The summed E-state index contributed by atoms with van der Waals surface area (Å²) in [7, 11) is 0. The van der Waals surface area contributed by atoms with Gasteiger partial charge in [0.2, 0.25) is 5.82 Å². The van der Waals surface area contributed by atoms with Crippen LogP contribution in [-0.4, -0.2) is 61.3 Å². The van der Waals surface area contributed by atoms with Gasteiger partial charge in [-0.3, -0.25) is 4.79 Å². The lowest BCUT2D eigenvalue weighted by Gasteiger charge is -2.36. The standard InChI is InChI=1S/C24H29ClF3N5O3/c1-14-11-33-19(16-8-6-10-31(12-16)22(35)36-23(2,3)4)29-30-20(33)21(34)32(14)13-15-7-5-9-17(18(15)25)24(26,27)28/h5,7,9,14,16H,6,8,10-13H2,1-4H3. The summed E-state index contributed by atoms with van der Waals surface area (Å²) < 4.78 is 47.1. The van der Waals surface area contributed by atoms with Gasteiger partial charge in [0.25, 0.3) is 5.91 Å². The number of benzene rings is 1. The van der Waals surface area contributed by atoms with E-state index in [1.54, 1.807) is 9.47 Å². The molecule has 3 heterocycles. The van der Waals surface area contributed by atoms with E-state index in [9.17, 15) is 22.8 Å². The summed E-state index contributed by atoms with van der Waals surface area (Å²) in [5, 5.41) is 8.00. The van der Waals surface area contributed by atoms with E-state index in [4.69, 9.17) is 16.3 Å². The first-order chi connectivity index (χ1) is 16.8. The maximum Gasteiger partial charge on any atom is 0.417 e. The number of alkyl halides is 3. The van der Waals surface area contributed by atoms with Gasteiger partial charge in [-0.2, -0.15) is 13.2 Å². The van der Waals surface area contributed by atoms with Gasteiger partial charge in [0, 0.05) is 38.1 Å². The Morgan fingerprint density at radius 1 is 1.19 bits per heavy atom. The van der Waals surface area contributed by atoms with Gasteiger partial charge in [0.05, 0.1) is 10.6 Å². The third-order valence-electron chi connectivity index (χ3n) is 6.37. The minimum absolute atomic E-state index is 0.0825. The van der Waals surface area contributed by atoms with Crippen molar-refractivity contribution in [2.75, 3.05) is 13.1 Å². The summed E-state index contributed by atoms with van der Waals surface area (Å²) >= 11 is 6.06. The lowest BCUT2D eigenvalue weighted by atomic mass is 9.97. The van der Waals surface area contributed by atoms with Crippen molar-refractivity contribution in [2.45, 2.75) is 77.4 Å². The zero-order valence-corrected chi connectivity index (χ0v) is 21.4. The first-order valence-electron chi connectivity index (χ1n) is 11.8. The van der Waals surface area contributed by atoms with Crippen molar-refractivity contribution < 1.29 is 27.5 Å². The van der Waals surface area contributed by atoms with Crippen molar-refractivity contribution in [2.24, 2.45) is 0 Å². The number of nitrogens with zero attached hydrogens (tertiary/aromatic N) is 5. The average molecular weight is 528 g/mol. The molecule has 1 fully saturated rings. The highest BCUT2D eigenvalue weighted by Gasteiger charge is 2.39. The molecule has 2 atom stereocenters. The molecule has 2 unspecified atom stereocenters. The molecule has 36 heavy (non-hydrogen) atoms. The Hall–Kier alpha value is -2.82. The lowest BCUT2D eigenvalue weighted by molar-refractivity contribution is -0.137. The number of piperidine rings is 1. The number of aromatic nitrogens is 3. The molecule has 0 aliphatic carbocycles. The van der Waals surface area contributed by atoms with Crippen LogP contribution < -0.4 is 0 Å². The Kier molecular flexibility index (Phi) is 6.98. The summed E-state index contributed by atoms with van der Waals surface area (Å²) in [5.74, 6) is 0.202. The number of amides is 2. The van der Waals surface area contributed by atoms with Gasteiger partial charge in [-0.15, -0.1) is 10.2 Å². The molecule has 196 valence electrons. The molecule has 12 heteroatoms. The molecule has 0 saturated carbocycles. The fourth-order valence-corrected chi connectivity index (χ4v) is 4.95. The molecule has 2 amide bonds. The number of hydrogen-bond donors (Lipinski definition) is 0. The molecule has 2 aliphatic rings. The number of carbonyl (C=O) groups excluding carboxylic acids is 2. The van der Waals surface area contributed by atoms with Crippen molar-refractivity contribution in [3.63, 3.8) is 0 Å². The normalized spacial score (nSPS) is 20.9. The molecule has 8 nitrogen and oxygen atoms in total. The number of likely N-dealkylation sites (tertiary alicyclic amines) is 1. The number of carbonyl (C=O) groups is 2. The van der Waals surface area contributed by atoms with Crippen LogP contribution in [0.1, 0.15) is 74.0 Å². The maximum atomic E-state index is 13.3. The Labute approximate surface area is 212 Å². The largest absolute Gasteiger partial charge is 0.444 e. The van der Waals surface area contributed by atoms with Crippen molar-refractivity contribution in [1.82, 2.24) is 24.6 Å². The van der Waals surface area contributed by atoms with E-state index in [0.717, 1.165) is 18.9 Å². The third kappa shape index (κ3) is 5.30.